The van der Waals surface area contributed by atoms with E-state index in [1.807, 2.05) is 4.90 Å². The number of amides is 1. The van der Waals surface area contributed by atoms with Gasteiger partial charge in [0.1, 0.15) is 6.04 Å². The number of likely N-dealkylation sites (tertiary alicyclic amines) is 1. The zero-order valence-corrected chi connectivity index (χ0v) is 13.7. The Bertz CT molecular complexity index is 323. The molecule has 0 aromatic rings. The molecule has 1 rings (SSSR count). The second-order valence-electron chi connectivity index (χ2n) is 6.23. The van der Waals surface area contributed by atoms with Crippen molar-refractivity contribution < 1.29 is 14.3 Å². The van der Waals surface area contributed by atoms with E-state index in [0.29, 0.717) is 12.3 Å². The number of nitrogens with zero attached hydrogens (tertiary/aromatic N) is 1. The van der Waals surface area contributed by atoms with Gasteiger partial charge in [0.2, 0.25) is 5.91 Å². The summed E-state index contributed by atoms with van der Waals surface area (Å²) in [6.07, 6.45) is 6.53. The summed E-state index contributed by atoms with van der Waals surface area (Å²) >= 11 is 0. The van der Waals surface area contributed by atoms with Crippen molar-refractivity contribution in [2.45, 2.75) is 58.4 Å². The van der Waals surface area contributed by atoms with Gasteiger partial charge in [0.05, 0.1) is 13.7 Å². The molecule has 1 fully saturated rings. The normalized spacial score (nSPS) is 18.0. The first-order chi connectivity index (χ1) is 10.0. The van der Waals surface area contributed by atoms with Gasteiger partial charge in [-0.25, -0.2) is 0 Å². The molecule has 1 aliphatic rings. The molecule has 1 saturated heterocycles. The minimum absolute atomic E-state index is 0.0922. The van der Waals surface area contributed by atoms with Gasteiger partial charge < -0.3 is 9.64 Å². The Morgan fingerprint density at radius 1 is 1.10 bits per heavy atom. The molecule has 0 aromatic heterocycles. The predicted octanol–water partition coefficient (Wildman–Crippen LogP) is 1.96. The average Bonchev–Trinajstić information content (AvgIpc) is 2.41. The third-order valence-electron chi connectivity index (χ3n) is 3.90. The Hall–Kier alpha value is -1.10. The van der Waals surface area contributed by atoms with E-state index < -0.39 is 6.04 Å². The van der Waals surface area contributed by atoms with E-state index in [9.17, 15) is 9.59 Å². The maximum atomic E-state index is 12.3. The lowest BCUT2D eigenvalue weighted by atomic mass is 10.0. The molecular weight excluding hydrogens is 268 g/mol. The molecule has 21 heavy (non-hydrogen) atoms. The van der Waals surface area contributed by atoms with Gasteiger partial charge in [-0.05, 0) is 25.2 Å². The number of rotatable bonds is 6. The number of methoxy groups -OCH3 is 1. The fourth-order valence-corrected chi connectivity index (χ4v) is 2.70. The lowest BCUT2D eigenvalue weighted by molar-refractivity contribution is -0.143. The number of carbonyl (C=O) groups is 2. The standard InChI is InChI=1S/C16H30N2O3/c1-13(2)11-14(16(20)21-3)17-12-15(19)18-9-7-5-4-6-8-10-18/h13-14,17H,4-12H2,1-3H3. The molecule has 0 radical (unpaired) electrons. The van der Waals surface area contributed by atoms with Crippen LogP contribution in [0, 0.1) is 5.92 Å². The maximum absolute atomic E-state index is 12.3. The van der Waals surface area contributed by atoms with Crippen LogP contribution in [-0.4, -0.2) is 49.6 Å². The number of carbonyl (C=O) groups excluding carboxylic acids is 2. The van der Waals surface area contributed by atoms with Crippen molar-refractivity contribution >= 4 is 11.9 Å². The third-order valence-corrected chi connectivity index (χ3v) is 3.90. The fraction of sp³-hybridized carbons (Fsp3) is 0.875. The largest absolute Gasteiger partial charge is 0.468 e. The highest BCUT2D eigenvalue weighted by atomic mass is 16.5. The Kier molecular flexibility index (Phi) is 8.35. The highest BCUT2D eigenvalue weighted by molar-refractivity contribution is 5.80. The van der Waals surface area contributed by atoms with Crippen LogP contribution in [0.5, 0.6) is 0 Å². The molecule has 0 aromatic carbocycles. The van der Waals surface area contributed by atoms with Gasteiger partial charge in [-0.2, -0.15) is 0 Å². The van der Waals surface area contributed by atoms with Gasteiger partial charge in [-0.3, -0.25) is 14.9 Å². The van der Waals surface area contributed by atoms with Crippen LogP contribution in [-0.2, 0) is 14.3 Å². The Labute approximate surface area is 128 Å². The van der Waals surface area contributed by atoms with Crippen molar-refractivity contribution in [3.8, 4) is 0 Å². The lowest BCUT2D eigenvalue weighted by Gasteiger charge is -2.26. The minimum atomic E-state index is -0.395. The van der Waals surface area contributed by atoms with Crippen LogP contribution >= 0.6 is 0 Å². The second kappa shape index (κ2) is 9.77. The van der Waals surface area contributed by atoms with Crippen LogP contribution < -0.4 is 5.32 Å². The summed E-state index contributed by atoms with van der Waals surface area (Å²) in [6, 6.07) is -0.395. The maximum Gasteiger partial charge on any atom is 0.322 e. The van der Waals surface area contributed by atoms with E-state index in [0.717, 1.165) is 25.9 Å². The van der Waals surface area contributed by atoms with E-state index in [1.165, 1.54) is 26.4 Å². The van der Waals surface area contributed by atoms with Crippen LogP contribution in [0.15, 0.2) is 0 Å². The van der Waals surface area contributed by atoms with Crippen LogP contribution in [0.3, 0.4) is 0 Å². The Balaban J connectivity index is 2.45. The van der Waals surface area contributed by atoms with Gasteiger partial charge in [-0.15, -0.1) is 0 Å². The molecule has 1 amide bonds. The first kappa shape index (κ1) is 18.0. The van der Waals surface area contributed by atoms with E-state index >= 15 is 0 Å². The zero-order chi connectivity index (χ0) is 15.7. The second-order valence-corrected chi connectivity index (χ2v) is 6.23. The molecule has 0 saturated carbocycles. The van der Waals surface area contributed by atoms with Gasteiger partial charge in [0.15, 0.2) is 0 Å². The van der Waals surface area contributed by atoms with Crippen molar-refractivity contribution in [3.05, 3.63) is 0 Å². The summed E-state index contributed by atoms with van der Waals surface area (Å²) in [5.74, 6) is 0.178. The predicted molar refractivity (Wildman–Crippen MR) is 82.9 cm³/mol. The number of hydrogen-bond acceptors (Lipinski definition) is 4. The molecule has 0 spiro atoms. The molecule has 0 bridgehead atoms. The van der Waals surface area contributed by atoms with Crippen LogP contribution in [0.2, 0.25) is 0 Å². The molecule has 0 aliphatic carbocycles. The zero-order valence-electron chi connectivity index (χ0n) is 13.7. The molecule has 1 unspecified atom stereocenters. The van der Waals surface area contributed by atoms with Crippen molar-refractivity contribution in [1.82, 2.24) is 10.2 Å². The van der Waals surface area contributed by atoms with Crippen molar-refractivity contribution in [3.63, 3.8) is 0 Å². The Morgan fingerprint density at radius 2 is 1.67 bits per heavy atom. The molecule has 5 nitrogen and oxygen atoms in total. The monoisotopic (exact) mass is 298 g/mol. The number of nitrogens with one attached hydrogen (secondary N) is 1. The summed E-state index contributed by atoms with van der Waals surface area (Å²) in [6.45, 7) is 6.00. The molecule has 1 aliphatic heterocycles. The number of hydrogen-bond donors (Lipinski definition) is 1. The van der Waals surface area contributed by atoms with Crippen molar-refractivity contribution in [2.75, 3.05) is 26.7 Å². The van der Waals surface area contributed by atoms with Gasteiger partial charge in [0, 0.05) is 13.1 Å². The van der Waals surface area contributed by atoms with E-state index in [-0.39, 0.29) is 18.4 Å². The third kappa shape index (κ3) is 6.93. The van der Waals surface area contributed by atoms with Gasteiger partial charge in [-0.1, -0.05) is 33.1 Å². The average molecular weight is 298 g/mol. The summed E-state index contributed by atoms with van der Waals surface area (Å²) in [5, 5.41) is 3.07. The van der Waals surface area contributed by atoms with Gasteiger partial charge in [0.25, 0.3) is 0 Å². The van der Waals surface area contributed by atoms with Gasteiger partial charge >= 0.3 is 5.97 Å². The Morgan fingerprint density at radius 3 is 2.19 bits per heavy atom. The molecule has 122 valence electrons. The summed E-state index contributed by atoms with van der Waals surface area (Å²) in [5.41, 5.74) is 0. The molecule has 5 heteroatoms. The SMILES string of the molecule is COC(=O)C(CC(C)C)NCC(=O)N1CCCCCCC1. The molecule has 1 N–H and O–H groups in total. The first-order valence-corrected chi connectivity index (χ1v) is 8.13. The highest BCUT2D eigenvalue weighted by Crippen LogP contribution is 2.11. The molecule has 1 atom stereocenters. The number of ether oxygens (including phenoxy) is 1. The topological polar surface area (TPSA) is 58.6 Å². The first-order valence-electron chi connectivity index (χ1n) is 8.13. The van der Waals surface area contributed by atoms with E-state index in [1.54, 1.807) is 0 Å². The smallest absolute Gasteiger partial charge is 0.322 e. The molecular formula is C16H30N2O3. The quantitative estimate of drug-likeness (QED) is 0.762. The summed E-state index contributed by atoms with van der Waals surface area (Å²) in [4.78, 5) is 25.9. The van der Waals surface area contributed by atoms with Crippen molar-refractivity contribution in [2.24, 2.45) is 5.92 Å². The number of esters is 1. The highest BCUT2D eigenvalue weighted by Gasteiger charge is 2.22. The van der Waals surface area contributed by atoms with Crippen LogP contribution in [0.4, 0.5) is 0 Å². The van der Waals surface area contributed by atoms with Crippen LogP contribution in [0.25, 0.3) is 0 Å². The van der Waals surface area contributed by atoms with E-state index in [4.69, 9.17) is 4.74 Å². The fourth-order valence-electron chi connectivity index (χ4n) is 2.70. The summed E-state index contributed by atoms with van der Waals surface area (Å²) < 4.78 is 4.80. The van der Waals surface area contributed by atoms with E-state index in [2.05, 4.69) is 19.2 Å². The van der Waals surface area contributed by atoms with Crippen molar-refractivity contribution in [1.29, 1.82) is 0 Å². The van der Waals surface area contributed by atoms with Crippen LogP contribution in [0.1, 0.15) is 52.4 Å². The molecule has 1 heterocycles. The lowest BCUT2D eigenvalue weighted by Crippen LogP contribution is -2.46. The minimum Gasteiger partial charge on any atom is -0.468 e. The summed E-state index contributed by atoms with van der Waals surface area (Å²) in [7, 11) is 1.39.